The van der Waals surface area contributed by atoms with E-state index >= 15 is 0 Å². The van der Waals surface area contributed by atoms with Gasteiger partial charge in [0.05, 0.1) is 11.7 Å². The first kappa shape index (κ1) is 11.8. The summed E-state index contributed by atoms with van der Waals surface area (Å²) in [5, 5.41) is 0. The second-order valence-corrected chi connectivity index (χ2v) is 5.79. The topological polar surface area (TPSA) is 29.6 Å². The smallest absolute Gasteiger partial charge is 0.155 e. The van der Waals surface area contributed by atoms with Crippen LogP contribution in [-0.4, -0.2) is 17.5 Å². The average molecular weight is 222 g/mol. The molecular weight excluding hydrogens is 200 g/mol. The van der Waals surface area contributed by atoms with Crippen LogP contribution in [0.3, 0.4) is 0 Å². The molecule has 16 heavy (non-hydrogen) atoms. The largest absolute Gasteiger partial charge is 0.367 e. The van der Waals surface area contributed by atoms with Crippen LogP contribution in [-0.2, 0) is 9.53 Å². The van der Waals surface area contributed by atoms with E-state index in [4.69, 9.17) is 4.74 Å². The second kappa shape index (κ2) is 4.33. The van der Waals surface area contributed by atoms with Gasteiger partial charge in [-0.15, -0.1) is 0 Å². The number of epoxide rings is 1. The van der Waals surface area contributed by atoms with Crippen LogP contribution in [0.15, 0.2) is 12.2 Å². The van der Waals surface area contributed by atoms with E-state index in [1.165, 1.54) is 6.42 Å². The Morgan fingerprint density at radius 3 is 2.75 bits per heavy atom. The van der Waals surface area contributed by atoms with E-state index in [2.05, 4.69) is 26.8 Å². The molecule has 0 aromatic carbocycles. The number of ketones is 1. The van der Waals surface area contributed by atoms with Crippen molar-refractivity contribution in [3.63, 3.8) is 0 Å². The summed E-state index contributed by atoms with van der Waals surface area (Å²) < 4.78 is 5.59. The summed E-state index contributed by atoms with van der Waals surface area (Å²) in [6.45, 7) is 6.60. The first-order valence-corrected chi connectivity index (χ1v) is 6.38. The molecule has 90 valence electrons. The Hall–Kier alpha value is -0.630. The van der Waals surface area contributed by atoms with E-state index in [1.807, 2.05) is 0 Å². The van der Waals surface area contributed by atoms with Crippen molar-refractivity contribution in [1.29, 1.82) is 0 Å². The molecule has 0 amide bonds. The fourth-order valence-electron chi connectivity index (χ4n) is 2.56. The summed E-state index contributed by atoms with van der Waals surface area (Å²) in [5.74, 6) is 1.55. The number of allylic oxidation sites excluding steroid dienone is 2. The van der Waals surface area contributed by atoms with Gasteiger partial charge < -0.3 is 4.74 Å². The lowest BCUT2D eigenvalue weighted by molar-refractivity contribution is -0.115. The van der Waals surface area contributed by atoms with Crippen molar-refractivity contribution < 1.29 is 9.53 Å². The Morgan fingerprint density at radius 1 is 1.56 bits per heavy atom. The molecule has 2 aliphatic rings. The van der Waals surface area contributed by atoms with E-state index in [1.54, 1.807) is 6.08 Å². The third kappa shape index (κ3) is 2.73. The Labute approximate surface area is 98.1 Å². The van der Waals surface area contributed by atoms with Crippen molar-refractivity contribution in [3.8, 4) is 0 Å². The monoisotopic (exact) mass is 222 g/mol. The molecule has 0 saturated carbocycles. The van der Waals surface area contributed by atoms with Crippen LogP contribution < -0.4 is 0 Å². The van der Waals surface area contributed by atoms with Crippen molar-refractivity contribution in [2.75, 3.05) is 0 Å². The molecule has 1 aliphatic heterocycles. The fourth-order valence-corrected chi connectivity index (χ4v) is 2.56. The Morgan fingerprint density at radius 2 is 2.25 bits per heavy atom. The summed E-state index contributed by atoms with van der Waals surface area (Å²) in [6.07, 6.45) is 8.47. The quantitative estimate of drug-likeness (QED) is 0.684. The van der Waals surface area contributed by atoms with Gasteiger partial charge in [-0.05, 0) is 51.0 Å². The van der Waals surface area contributed by atoms with Crippen molar-refractivity contribution in [1.82, 2.24) is 0 Å². The van der Waals surface area contributed by atoms with Crippen molar-refractivity contribution in [2.24, 2.45) is 11.8 Å². The highest BCUT2D eigenvalue weighted by molar-refractivity contribution is 5.90. The van der Waals surface area contributed by atoms with Crippen molar-refractivity contribution in [2.45, 2.75) is 58.2 Å². The minimum Gasteiger partial charge on any atom is -0.367 e. The number of hydrogen-bond acceptors (Lipinski definition) is 2. The number of rotatable bonds is 4. The van der Waals surface area contributed by atoms with Crippen LogP contribution in [0, 0.1) is 11.8 Å². The fraction of sp³-hybridized carbons (Fsp3) is 0.786. The third-order valence-electron chi connectivity index (χ3n) is 4.03. The number of carbonyl (C=O) groups is 1. The number of hydrogen-bond donors (Lipinski definition) is 0. The van der Waals surface area contributed by atoms with Gasteiger partial charge in [-0.3, -0.25) is 4.79 Å². The molecule has 3 unspecified atom stereocenters. The summed E-state index contributed by atoms with van der Waals surface area (Å²) in [5.41, 5.74) is 0.123. The van der Waals surface area contributed by atoms with Crippen molar-refractivity contribution >= 4 is 5.78 Å². The molecule has 0 aromatic rings. The first-order chi connectivity index (χ1) is 7.49. The zero-order valence-corrected chi connectivity index (χ0v) is 10.5. The maximum atomic E-state index is 11.1. The zero-order chi connectivity index (χ0) is 11.8. The molecule has 0 radical (unpaired) electrons. The molecule has 0 bridgehead atoms. The van der Waals surface area contributed by atoms with Crippen molar-refractivity contribution in [3.05, 3.63) is 12.2 Å². The van der Waals surface area contributed by atoms with Gasteiger partial charge in [-0.2, -0.15) is 0 Å². The molecule has 1 fully saturated rings. The predicted octanol–water partition coefficient (Wildman–Crippen LogP) is 3.12. The standard InChI is InChI=1S/C14H22O2/c1-10(4-9-13-14(2,3)16-13)11-5-7-12(15)8-6-11/h5,7,10-11,13H,4,6,8-9H2,1-3H3. The molecule has 0 N–H and O–H groups in total. The molecule has 0 aromatic heterocycles. The Balaban J connectivity index is 1.74. The molecule has 3 atom stereocenters. The summed E-state index contributed by atoms with van der Waals surface area (Å²) in [6, 6.07) is 0. The lowest BCUT2D eigenvalue weighted by Crippen LogP contribution is -2.16. The maximum Gasteiger partial charge on any atom is 0.155 e. The van der Waals surface area contributed by atoms with Crippen LogP contribution in [0.4, 0.5) is 0 Å². The molecule has 2 heteroatoms. The molecule has 1 saturated heterocycles. The molecule has 2 rings (SSSR count). The van der Waals surface area contributed by atoms with Crippen LogP contribution in [0.2, 0.25) is 0 Å². The van der Waals surface area contributed by atoms with Gasteiger partial charge in [0.25, 0.3) is 0 Å². The normalized spacial score (nSPS) is 33.8. The second-order valence-electron chi connectivity index (χ2n) is 5.79. The van der Waals surface area contributed by atoms with Gasteiger partial charge in [-0.25, -0.2) is 0 Å². The van der Waals surface area contributed by atoms with Gasteiger partial charge in [0.15, 0.2) is 5.78 Å². The van der Waals surface area contributed by atoms with Gasteiger partial charge in [-0.1, -0.05) is 13.0 Å². The van der Waals surface area contributed by atoms with E-state index in [-0.39, 0.29) is 11.4 Å². The van der Waals surface area contributed by atoms with E-state index < -0.39 is 0 Å². The number of ether oxygens (including phenoxy) is 1. The highest BCUT2D eigenvalue weighted by Gasteiger charge is 2.47. The predicted molar refractivity (Wildman–Crippen MR) is 64.2 cm³/mol. The summed E-state index contributed by atoms with van der Waals surface area (Å²) in [7, 11) is 0. The van der Waals surface area contributed by atoms with Crippen LogP contribution in [0.1, 0.15) is 46.5 Å². The van der Waals surface area contributed by atoms with Gasteiger partial charge >= 0.3 is 0 Å². The first-order valence-electron chi connectivity index (χ1n) is 6.38. The van der Waals surface area contributed by atoms with Gasteiger partial charge in [0, 0.05) is 6.42 Å². The molecular formula is C14H22O2. The summed E-state index contributed by atoms with van der Waals surface area (Å²) >= 11 is 0. The van der Waals surface area contributed by atoms with E-state index in [0.717, 1.165) is 19.3 Å². The molecule has 0 spiro atoms. The zero-order valence-electron chi connectivity index (χ0n) is 10.5. The Kier molecular flexibility index (Phi) is 3.20. The van der Waals surface area contributed by atoms with Crippen LogP contribution >= 0.6 is 0 Å². The highest BCUT2D eigenvalue weighted by atomic mass is 16.6. The highest BCUT2D eigenvalue weighted by Crippen LogP contribution is 2.40. The molecule has 1 aliphatic carbocycles. The lowest BCUT2D eigenvalue weighted by Gasteiger charge is -2.22. The average Bonchev–Trinajstić information content (AvgIpc) is 2.84. The van der Waals surface area contributed by atoms with Gasteiger partial charge in [0.2, 0.25) is 0 Å². The minimum atomic E-state index is 0.123. The number of carbonyl (C=O) groups excluding carboxylic acids is 1. The minimum absolute atomic E-state index is 0.123. The summed E-state index contributed by atoms with van der Waals surface area (Å²) in [4.78, 5) is 11.1. The third-order valence-corrected chi connectivity index (χ3v) is 4.03. The van der Waals surface area contributed by atoms with E-state index in [9.17, 15) is 4.79 Å². The SMILES string of the molecule is CC(CCC1OC1(C)C)C1C=CC(=O)CC1. The lowest BCUT2D eigenvalue weighted by atomic mass is 9.82. The van der Waals surface area contributed by atoms with Gasteiger partial charge in [0.1, 0.15) is 0 Å². The molecule has 1 heterocycles. The maximum absolute atomic E-state index is 11.1. The van der Waals surface area contributed by atoms with E-state index in [0.29, 0.717) is 17.9 Å². The van der Waals surface area contributed by atoms with Crippen LogP contribution in [0.25, 0.3) is 0 Å². The molecule has 2 nitrogen and oxygen atoms in total. The Bertz CT molecular complexity index is 304. The van der Waals surface area contributed by atoms with Crippen LogP contribution in [0.5, 0.6) is 0 Å².